The third kappa shape index (κ3) is 3.04. The van der Waals surface area contributed by atoms with E-state index >= 15 is 0 Å². The van der Waals surface area contributed by atoms with Crippen LogP contribution in [-0.2, 0) is 14.6 Å². The second kappa shape index (κ2) is 4.97. The molecule has 0 amide bonds. The van der Waals surface area contributed by atoms with Crippen molar-refractivity contribution < 1.29 is 30.7 Å². The van der Waals surface area contributed by atoms with Crippen LogP contribution in [0, 0.1) is 0 Å². The van der Waals surface area contributed by atoms with Gasteiger partial charge in [0.1, 0.15) is 0 Å². The number of aliphatic hydroxyl groups is 1. The highest BCUT2D eigenvalue weighted by molar-refractivity contribution is 7.91. The van der Waals surface area contributed by atoms with Gasteiger partial charge in [-0.2, -0.15) is 0 Å². The summed E-state index contributed by atoms with van der Waals surface area (Å²) in [4.78, 5) is 2.01. The lowest BCUT2D eigenvalue weighted by molar-refractivity contribution is -0.00582. The molecule has 90 valence electrons. The van der Waals surface area contributed by atoms with Gasteiger partial charge in [0.25, 0.3) is 0 Å². The molecule has 2 fully saturated rings. The van der Waals surface area contributed by atoms with E-state index in [9.17, 15) is 13.5 Å². The summed E-state index contributed by atoms with van der Waals surface area (Å²) in [5.41, 5.74) is 0. The zero-order valence-corrected chi connectivity index (χ0v) is 9.88. The van der Waals surface area contributed by atoms with Crippen molar-refractivity contribution in [3.05, 3.63) is 0 Å². The standard InChI is InChI=1S/C8H15NO4S.ClH/c10-8-6-14(11,12)5-7(8)9-1-3-13-4-2-9;/h7-8,10H,1-6H2;1H/p-1. The Hall–Kier alpha value is 0.120. The number of ether oxygens (including phenoxy) is 1. The topological polar surface area (TPSA) is 66.8 Å². The third-order valence-corrected chi connectivity index (χ3v) is 4.51. The number of sulfone groups is 1. The van der Waals surface area contributed by atoms with E-state index in [1.165, 1.54) is 0 Å². The molecule has 0 spiro atoms. The quantitative estimate of drug-likeness (QED) is 0.512. The van der Waals surface area contributed by atoms with Crippen LogP contribution in [0.25, 0.3) is 0 Å². The molecule has 0 aromatic carbocycles. The number of halogens is 1. The second-order valence-electron chi connectivity index (χ2n) is 3.86. The zero-order valence-electron chi connectivity index (χ0n) is 8.30. The SMILES string of the molecule is O=S1(=O)CC(O)C(N2CCOCC2)C1.[Cl-]. The van der Waals surface area contributed by atoms with Crippen molar-refractivity contribution in [3.63, 3.8) is 0 Å². The Morgan fingerprint density at radius 1 is 1.20 bits per heavy atom. The van der Waals surface area contributed by atoms with Gasteiger partial charge >= 0.3 is 0 Å². The van der Waals surface area contributed by atoms with Gasteiger partial charge in [0.15, 0.2) is 9.84 Å². The predicted molar refractivity (Wildman–Crippen MR) is 50.8 cm³/mol. The summed E-state index contributed by atoms with van der Waals surface area (Å²) in [5, 5.41) is 9.62. The molecule has 0 bridgehead atoms. The number of hydrogen-bond donors (Lipinski definition) is 1. The van der Waals surface area contributed by atoms with Gasteiger partial charge in [0.05, 0.1) is 36.9 Å². The van der Waals surface area contributed by atoms with Crippen LogP contribution >= 0.6 is 0 Å². The normalized spacial score (nSPS) is 36.1. The van der Waals surface area contributed by atoms with Crippen molar-refractivity contribution in [3.8, 4) is 0 Å². The van der Waals surface area contributed by atoms with E-state index < -0.39 is 15.9 Å². The van der Waals surface area contributed by atoms with Crippen LogP contribution in [0.4, 0.5) is 0 Å². The molecular formula is C8H15ClNO4S-. The van der Waals surface area contributed by atoms with E-state index in [4.69, 9.17) is 4.74 Å². The van der Waals surface area contributed by atoms with E-state index in [1.807, 2.05) is 4.90 Å². The van der Waals surface area contributed by atoms with Crippen LogP contribution in [-0.4, -0.2) is 68.4 Å². The molecule has 1 N–H and O–H groups in total. The number of aliphatic hydroxyl groups excluding tert-OH is 1. The van der Waals surface area contributed by atoms with Crippen LogP contribution in [0.15, 0.2) is 0 Å². The van der Waals surface area contributed by atoms with Crippen molar-refractivity contribution in [2.45, 2.75) is 12.1 Å². The molecule has 0 radical (unpaired) electrons. The highest BCUT2D eigenvalue weighted by Crippen LogP contribution is 2.19. The maximum absolute atomic E-state index is 11.3. The summed E-state index contributed by atoms with van der Waals surface area (Å²) in [6, 6.07) is -0.219. The summed E-state index contributed by atoms with van der Waals surface area (Å²) >= 11 is 0. The monoisotopic (exact) mass is 256 g/mol. The van der Waals surface area contributed by atoms with Gasteiger partial charge in [-0.25, -0.2) is 8.42 Å². The summed E-state index contributed by atoms with van der Waals surface area (Å²) in [7, 11) is -3.03. The molecule has 2 saturated heterocycles. The maximum atomic E-state index is 11.3. The van der Waals surface area contributed by atoms with Crippen LogP contribution in [0.3, 0.4) is 0 Å². The minimum Gasteiger partial charge on any atom is -1.00 e. The van der Waals surface area contributed by atoms with Crippen LogP contribution < -0.4 is 12.4 Å². The maximum Gasteiger partial charge on any atom is 0.154 e. The van der Waals surface area contributed by atoms with Gasteiger partial charge in [-0.05, 0) is 0 Å². The predicted octanol–water partition coefficient (Wildman–Crippen LogP) is -4.52. The molecule has 7 heteroatoms. The van der Waals surface area contributed by atoms with E-state index in [-0.39, 0.29) is 30.0 Å². The first-order chi connectivity index (χ1) is 6.58. The van der Waals surface area contributed by atoms with Gasteiger partial charge in [0.2, 0.25) is 0 Å². The minimum absolute atomic E-state index is 0. The highest BCUT2D eigenvalue weighted by atomic mass is 35.5. The summed E-state index contributed by atoms with van der Waals surface area (Å²) in [6.45, 7) is 2.70. The fraction of sp³-hybridized carbons (Fsp3) is 1.00. The molecule has 0 aliphatic carbocycles. The average molecular weight is 257 g/mol. The summed E-state index contributed by atoms with van der Waals surface area (Å²) in [5.74, 6) is 0.00317. The highest BCUT2D eigenvalue weighted by Gasteiger charge is 2.40. The Bertz CT molecular complexity index is 302. The molecule has 15 heavy (non-hydrogen) atoms. The van der Waals surface area contributed by atoms with Crippen molar-refractivity contribution in [1.29, 1.82) is 0 Å². The molecule has 0 aromatic heterocycles. The van der Waals surface area contributed by atoms with Crippen LogP contribution in [0.2, 0.25) is 0 Å². The first-order valence-corrected chi connectivity index (χ1v) is 6.61. The van der Waals surface area contributed by atoms with E-state index in [2.05, 4.69) is 0 Å². The Kier molecular flexibility index (Phi) is 4.37. The lowest BCUT2D eigenvalue weighted by Gasteiger charge is -2.32. The van der Waals surface area contributed by atoms with Crippen molar-refractivity contribution >= 4 is 9.84 Å². The van der Waals surface area contributed by atoms with Gasteiger partial charge in [-0.1, -0.05) is 0 Å². The van der Waals surface area contributed by atoms with Crippen molar-refractivity contribution in [1.82, 2.24) is 4.90 Å². The summed E-state index contributed by atoms with van der Waals surface area (Å²) < 4.78 is 27.7. The molecule has 0 saturated carbocycles. The molecule has 2 rings (SSSR count). The number of rotatable bonds is 1. The first-order valence-electron chi connectivity index (χ1n) is 4.79. The molecule has 2 aliphatic heterocycles. The van der Waals surface area contributed by atoms with Gasteiger partial charge in [-0.3, -0.25) is 4.90 Å². The smallest absolute Gasteiger partial charge is 0.154 e. The van der Waals surface area contributed by atoms with E-state index in [0.717, 1.165) is 13.1 Å². The fourth-order valence-corrected chi connectivity index (χ4v) is 3.90. The van der Waals surface area contributed by atoms with Gasteiger partial charge < -0.3 is 22.3 Å². The van der Waals surface area contributed by atoms with Crippen LogP contribution in [0.1, 0.15) is 0 Å². The Morgan fingerprint density at radius 3 is 2.27 bits per heavy atom. The average Bonchev–Trinajstić information content (AvgIpc) is 2.41. The molecule has 0 aromatic rings. The minimum atomic E-state index is -3.03. The number of morpholine rings is 1. The number of nitrogens with zero attached hydrogens (tertiary/aromatic N) is 1. The molecule has 2 atom stereocenters. The Balaban J connectivity index is 0.00000112. The fourth-order valence-electron chi connectivity index (χ4n) is 2.07. The lowest BCUT2D eigenvalue weighted by atomic mass is 10.2. The van der Waals surface area contributed by atoms with Crippen molar-refractivity contribution in [2.24, 2.45) is 0 Å². The zero-order chi connectivity index (χ0) is 10.2. The summed E-state index contributed by atoms with van der Waals surface area (Å²) in [6.07, 6.45) is -0.724. The molecular weight excluding hydrogens is 242 g/mol. The third-order valence-electron chi connectivity index (χ3n) is 2.81. The molecule has 2 heterocycles. The Labute approximate surface area is 95.7 Å². The van der Waals surface area contributed by atoms with Crippen molar-refractivity contribution in [2.75, 3.05) is 37.8 Å². The molecule has 2 unspecified atom stereocenters. The van der Waals surface area contributed by atoms with Crippen LogP contribution in [0.5, 0.6) is 0 Å². The molecule has 5 nitrogen and oxygen atoms in total. The molecule has 2 aliphatic rings. The largest absolute Gasteiger partial charge is 1.00 e. The number of hydrogen-bond acceptors (Lipinski definition) is 5. The van der Waals surface area contributed by atoms with Gasteiger partial charge in [0, 0.05) is 13.1 Å². The van der Waals surface area contributed by atoms with Gasteiger partial charge in [-0.15, -0.1) is 0 Å². The lowest BCUT2D eigenvalue weighted by Crippen LogP contribution is -3.00. The van der Waals surface area contributed by atoms with E-state index in [0.29, 0.717) is 13.2 Å². The Morgan fingerprint density at radius 2 is 1.80 bits per heavy atom. The first kappa shape index (κ1) is 13.2. The van der Waals surface area contributed by atoms with E-state index in [1.54, 1.807) is 0 Å². The second-order valence-corrected chi connectivity index (χ2v) is 6.01.